The molecule has 3 heterocycles. The zero-order valence-corrected chi connectivity index (χ0v) is 18.4. The maximum absolute atomic E-state index is 13.0. The molecule has 0 radical (unpaired) electrons. The predicted octanol–water partition coefficient (Wildman–Crippen LogP) is 2.51. The number of benzene rings is 1. The van der Waals surface area contributed by atoms with Crippen molar-refractivity contribution < 1.29 is 19.2 Å². The van der Waals surface area contributed by atoms with Crippen LogP contribution in [0, 0.1) is 0 Å². The molecular weight excluding hydrogens is 408 g/mol. The molecule has 0 atom stereocenters. The highest BCUT2D eigenvalue weighted by Gasteiger charge is 2.42. The monoisotopic (exact) mass is 434 g/mol. The van der Waals surface area contributed by atoms with Crippen LogP contribution in [0.3, 0.4) is 0 Å². The second kappa shape index (κ2) is 8.18. The van der Waals surface area contributed by atoms with E-state index in [1.807, 2.05) is 0 Å². The van der Waals surface area contributed by atoms with Crippen LogP contribution in [-0.2, 0) is 0 Å². The third kappa shape index (κ3) is 4.00. The van der Waals surface area contributed by atoms with Crippen molar-refractivity contribution in [1.29, 1.82) is 0 Å². The van der Waals surface area contributed by atoms with Crippen molar-refractivity contribution in [3.05, 3.63) is 65.0 Å². The number of hydrogen-bond acceptors (Lipinski definition) is 5. The van der Waals surface area contributed by atoms with Crippen LogP contribution in [0.5, 0.6) is 0 Å². The zero-order valence-electron chi connectivity index (χ0n) is 18.4. The summed E-state index contributed by atoms with van der Waals surface area (Å²) in [6.45, 7) is 6.39. The Morgan fingerprint density at radius 2 is 1.69 bits per heavy atom. The summed E-state index contributed by atoms with van der Waals surface area (Å²) in [7, 11) is 0. The van der Waals surface area contributed by atoms with Gasteiger partial charge in [0.2, 0.25) is 0 Å². The van der Waals surface area contributed by atoms with E-state index in [0.29, 0.717) is 42.8 Å². The molecule has 32 heavy (non-hydrogen) atoms. The van der Waals surface area contributed by atoms with Crippen LogP contribution >= 0.6 is 0 Å². The molecule has 0 saturated carbocycles. The number of nitrogens with zero attached hydrogens (tertiary/aromatic N) is 3. The number of rotatable bonds is 3. The van der Waals surface area contributed by atoms with Crippen LogP contribution in [0.1, 0.15) is 75.2 Å². The third-order valence-electron chi connectivity index (χ3n) is 5.82. The summed E-state index contributed by atoms with van der Waals surface area (Å²) in [5.74, 6) is -1.11. The van der Waals surface area contributed by atoms with E-state index in [4.69, 9.17) is 0 Å². The van der Waals surface area contributed by atoms with Gasteiger partial charge in [0.15, 0.2) is 0 Å². The number of pyridine rings is 1. The zero-order chi connectivity index (χ0) is 23.0. The van der Waals surface area contributed by atoms with Crippen molar-refractivity contribution >= 4 is 23.6 Å². The molecule has 166 valence electrons. The lowest BCUT2D eigenvalue weighted by atomic mass is 10.0. The standard InChI is InChI=1S/C24H26N4O4/c1-24(2,3)28-22(31)17-8-7-15(14-18(17)23(28)32)21(30)27-12-9-16(10-13-27)26-20(29)19-6-4-5-11-25-19/h4-8,11,14,16H,9-10,12-13H2,1-3H3,(H,26,29). The number of amides is 4. The van der Waals surface area contributed by atoms with E-state index >= 15 is 0 Å². The van der Waals surface area contributed by atoms with Crippen LogP contribution in [0.15, 0.2) is 42.6 Å². The molecule has 4 rings (SSSR count). The molecule has 4 amide bonds. The molecular formula is C24H26N4O4. The minimum atomic E-state index is -0.640. The van der Waals surface area contributed by atoms with Gasteiger partial charge >= 0.3 is 0 Å². The lowest BCUT2D eigenvalue weighted by molar-refractivity contribution is 0.0507. The van der Waals surface area contributed by atoms with E-state index in [9.17, 15) is 19.2 Å². The third-order valence-corrected chi connectivity index (χ3v) is 5.82. The highest BCUT2D eigenvalue weighted by molar-refractivity contribution is 6.22. The Kier molecular flexibility index (Phi) is 5.54. The van der Waals surface area contributed by atoms with Crippen molar-refractivity contribution in [3.63, 3.8) is 0 Å². The van der Waals surface area contributed by atoms with Gasteiger partial charge in [-0.1, -0.05) is 6.07 Å². The van der Waals surface area contributed by atoms with E-state index in [1.54, 1.807) is 62.2 Å². The first-order valence-electron chi connectivity index (χ1n) is 10.7. The van der Waals surface area contributed by atoms with Gasteiger partial charge in [-0.3, -0.25) is 29.1 Å². The minimum absolute atomic E-state index is 0.0341. The maximum atomic E-state index is 13.0. The highest BCUT2D eigenvalue weighted by atomic mass is 16.2. The minimum Gasteiger partial charge on any atom is -0.348 e. The molecule has 1 saturated heterocycles. The number of piperidine rings is 1. The Morgan fingerprint density at radius 3 is 2.31 bits per heavy atom. The first kappa shape index (κ1) is 21.7. The van der Waals surface area contributed by atoms with E-state index in [2.05, 4.69) is 10.3 Å². The molecule has 1 N–H and O–H groups in total. The molecule has 0 aliphatic carbocycles. The number of carbonyl (C=O) groups is 4. The normalized spacial score (nSPS) is 16.8. The van der Waals surface area contributed by atoms with Gasteiger partial charge in [-0.15, -0.1) is 0 Å². The summed E-state index contributed by atoms with van der Waals surface area (Å²) in [6, 6.07) is 9.84. The summed E-state index contributed by atoms with van der Waals surface area (Å²) in [4.78, 5) is 57.8. The van der Waals surface area contributed by atoms with Gasteiger partial charge in [-0.2, -0.15) is 0 Å². The number of hydrogen-bond donors (Lipinski definition) is 1. The summed E-state index contributed by atoms with van der Waals surface area (Å²) in [6.07, 6.45) is 2.83. The van der Waals surface area contributed by atoms with Crippen LogP contribution in [-0.4, -0.2) is 63.1 Å². The number of aromatic nitrogens is 1. The molecule has 2 aromatic rings. The molecule has 0 spiro atoms. The first-order chi connectivity index (χ1) is 15.2. The van der Waals surface area contributed by atoms with Gasteiger partial charge in [0.05, 0.1) is 11.1 Å². The van der Waals surface area contributed by atoms with Crippen molar-refractivity contribution in [1.82, 2.24) is 20.1 Å². The summed E-state index contributed by atoms with van der Waals surface area (Å²) in [5.41, 5.74) is 0.717. The molecule has 1 aromatic carbocycles. The Hall–Kier alpha value is -3.55. The maximum Gasteiger partial charge on any atom is 0.270 e. The van der Waals surface area contributed by atoms with Gasteiger partial charge in [0.25, 0.3) is 23.6 Å². The second-order valence-corrected chi connectivity index (χ2v) is 9.13. The number of fused-ring (bicyclic) bond motifs is 1. The lowest BCUT2D eigenvalue weighted by Crippen LogP contribution is -2.46. The quantitative estimate of drug-likeness (QED) is 0.749. The Balaban J connectivity index is 1.41. The molecule has 2 aliphatic heterocycles. The van der Waals surface area contributed by atoms with Crippen molar-refractivity contribution in [2.45, 2.75) is 45.2 Å². The van der Waals surface area contributed by atoms with Crippen molar-refractivity contribution in [3.8, 4) is 0 Å². The first-order valence-corrected chi connectivity index (χ1v) is 10.7. The van der Waals surface area contributed by atoms with Gasteiger partial charge in [-0.25, -0.2) is 0 Å². The highest BCUT2D eigenvalue weighted by Crippen LogP contribution is 2.30. The van der Waals surface area contributed by atoms with E-state index in [1.165, 1.54) is 11.0 Å². The Labute approximate surface area is 186 Å². The predicted molar refractivity (Wildman–Crippen MR) is 117 cm³/mol. The largest absolute Gasteiger partial charge is 0.348 e. The number of nitrogens with one attached hydrogen (secondary N) is 1. The van der Waals surface area contributed by atoms with E-state index < -0.39 is 5.54 Å². The molecule has 0 unspecified atom stereocenters. The number of imide groups is 1. The van der Waals surface area contributed by atoms with Crippen LogP contribution in [0.4, 0.5) is 0 Å². The van der Waals surface area contributed by atoms with Gasteiger partial charge in [-0.05, 0) is 63.9 Å². The van der Waals surface area contributed by atoms with Gasteiger partial charge in [0, 0.05) is 36.4 Å². The number of likely N-dealkylation sites (tertiary alicyclic amines) is 1. The van der Waals surface area contributed by atoms with Crippen LogP contribution < -0.4 is 5.32 Å². The fourth-order valence-electron chi connectivity index (χ4n) is 4.15. The van der Waals surface area contributed by atoms with Crippen LogP contribution in [0.25, 0.3) is 0 Å². The van der Waals surface area contributed by atoms with E-state index in [-0.39, 0.29) is 35.2 Å². The molecule has 1 aromatic heterocycles. The fraction of sp³-hybridized carbons (Fsp3) is 0.375. The average molecular weight is 434 g/mol. The molecule has 1 fully saturated rings. The Morgan fingerprint density at radius 1 is 1.00 bits per heavy atom. The SMILES string of the molecule is CC(C)(C)N1C(=O)c2ccc(C(=O)N3CCC(NC(=O)c4ccccn4)CC3)cc2C1=O. The summed E-state index contributed by atoms with van der Waals surface area (Å²) < 4.78 is 0. The smallest absolute Gasteiger partial charge is 0.270 e. The fourth-order valence-corrected chi connectivity index (χ4v) is 4.15. The second-order valence-electron chi connectivity index (χ2n) is 9.13. The average Bonchev–Trinajstić information content (AvgIpc) is 3.04. The summed E-state index contributed by atoms with van der Waals surface area (Å²) >= 11 is 0. The lowest BCUT2D eigenvalue weighted by Gasteiger charge is -2.32. The topological polar surface area (TPSA) is 99.7 Å². The molecule has 8 nitrogen and oxygen atoms in total. The van der Waals surface area contributed by atoms with Crippen molar-refractivity contribution in [2.75, 3.05) is 13.1 Å². The van der Waals surface area contributed by atoms with Crippen LogP contribution in [0.2, 0.25) is 0 Å². The number of carbonyl (C=O) groups excluding carboxylic acids is 4. The van der Waals surface area contributed by atoms with E-state index in [0.717, 1.165) is 0 Å². The summed E-state index contributed by atoms with van der Waals surface area (Å²) in [5, 5.41) is 2.97. The van der Waals surface area contributed by atoms with Gasteiger partial charge < -0.3 is 10.2 Å². The molecule has 8 heteroatoms. The molecule has 0 bridgehead atoms. The van der Waals surface area contributed by atoms with Crippen molar-refractivity contribution in [2.24, 2.45) is 0 Å². The Bertz CT molecular complexity index is 1080. The van der Waals surface area contributed by atoms with Gasteiger partial charge in [0.1, 0.15) is 5.69 Å². The molecule has 2 aliphatic rings.